The van der Waals surface area contributed by atoms with Gasteiger partial charge in [0, 0.05) is 6.54 Å². The number of rotatable bonds is 5. The number of hydrogen-bond donors (Lipinski definition) is 0. The SMILES string of the molecule is CCc1nc(C)c(C)nc1OCCN1CCC(C)CC1. The lowest BCUT2D eigenvalue weighted by molar-refractivity contribution is 0.157. The van der Waals surface area contributed by atoms with Gasteiger partial charge in [-0.1, -0.05) is 13.8 Å². The summed E-state index contributed by atoms with van der Waals surface area (Å²) in [4.78, 5) is 11.6. The van der Waals surface area contributed by atoms with Crippen molar-refractivity contribution in [3.8, 4) is 5.88 Å². The molecule has 0 radical (unpaired) electrons. The average Bonchev–Trinajstić information content (AvgIpc) is 2.44. The molecule has 1 aliphatic heterocycles. The van der Waals surface area contributed by atoms with Gasteiger partial charge in [-0.25, -0.2) is 4.98 Å². The van der Waals surface area contributed by atoms with E-state index in [4.69, 9.17) is 4.74 Å². The summed E-state index contributed by atoms with van der Waals surface area (Å²) in [6.07, 6.45) is 3.48. The number of likely N-dealkylation sites (tertiary alicyclic amines) is 1. The minimum atomic E-state index is 0.707. The third-order valence-corrected chi connectivity index (χ3v) is 4.20. The molecule has 0 N–H and O–H groups in total. The summed E-state index contributed by atoms with van der Waals surface area (Å²) in [6, 6.07) is 0. The van der Waals surface area contributed by atoms with Crippen molar-refractivity contribution >= 4 is 0 Å². The monoisotopic (exact) mass is 277 g/mol. The van der Waals surface area contributed by atoms with Crippen LogP contribution in [0.4, 0.5) is 0 Å². The first-order valence-corrected chi connectivity index (χ1v) is 7.79. The van der Waals surface area contributed by atoms with E-state index in [1.807, 2.05) is 13.8 Å². The van der Waals surface area contributed by atoms with Crippen molar-refractivity contribution in [2.24, 2.45) is 5.92 Å². The van der Waals surface area contributed by atoms with Crippen molar-refractivity contribution in [1.29, 1.82) is 0 Å². The van der Waals surface area contributed by atoms with E-state index in [2.05, 4.69) is 28.7 Å². The highest BCUT2D eigenvalue weighted by molar-refractivity contribution is 5.23. The Morgan fingerprint density at radius 2 is 1.80 bits per heavy atom. The van der Waals surface area contributed by atoms with Gasteiger partial charge in [0.25, 0.3) is 0 Å². The lowest BCUT2D eigenvalue weighted by Gasteiger charge is -2.29. The Labute approximate surface area is 122 Å². The maximum Gasteiger partial charge on any atom is 0.235 e. The van der Waals surface area contributed by atoms with E-state index < -0.39 is 0 Å². The standard InChI is InChI=1S/C16H27N3O/c1-5-15-16(18-14(4)13(3)17-15)20-11-10-19-8-6-12(2)7-9-19/h12H,5-11H2,1-4H3. The zero-order valence-corrected chi connectivity index (χ0v) is 13.3. The number of nitrogens with zero attached hydrogens (tertiary/aromatic N) is 3. The van der Waals surface area contributed by atoms with Crippen molar-refractivity contribution in [2.75, 3.05) is 26.2 Å². The van der Waals surface area contributed by atoms with Gasteiger partial charge < -0.3 is 4.74 Å². The van der Waals surface area contributed by atoms with Gasteiger partial charge in [0.05, 0.1) is 11.4 Å². The van der Waals surface area contributed by atoms with Crippen molar-refractivity contribution in [1.82, 2.24) is 14.9 Å². The molecule has 4 heteroatoms. The van der Waals surface area contributed by atoms with Gasteiger partial charge in [0.2, 0.25) is 5.88 Å². The molecule has 20 heavy (non-hydrogen) atoms. The predicted octanol–water partition coefficient (Wildman–Crippen LogP) is 2.77. The topological polar surface area (TPSA) is 38.3 Å². The van der Waals surface area contributed by atoms with Gasteiger partial charge in [-0.05, 0) is 52.1 Å². The normalized spacial score (nSPS) is 17.4. The van der Waals surface area contributed by atoms with E-state index in [1.165, 1.54) is 25.9 Å². The van der Waals surface area contributed by atoms with Gasteiger partial charge in [-0.3, -0.25) is 9.88 Å². The van der Waals surface area contributed by atoms with Crippen LogP contribution in [0.15, 0.2) is 0 Å². The molecule has 0 aliphatic carbocycles. The van der Waals surface area contributed by atoms with E-state index in [9.17, 15) is 0 Å². The fraction of sp³-hybridized carbons (Fsp3) is 0.750. The van der Waals surface area contributed by atoms with E-state index in [0.29, 0.717) is 6.61 Å². The zero-order valence-electron chi connectivity index (χ0n) is 13.3. The Morgan fingerprint density at radius 3 is 2.45 bits per heavy atom. The lowest BCUT2D eigenvalue weighted by atomic mass is 9.99. The Kier molecular flexibility index (Phi) is 5.35. The van der Waals surface area contributed by atoms with Gasteiger partial charge >= 0.3 is 0 Å². The lowest BCUT2D eigenvalue weighted by Crippen LogP contribution is -2.35. The first-order valence-electron chi connectivity index (χ1n) is 7.79. The second-order valence-electron chi connectivity index (χ2n) is 5.87. The Hall–Kier alpha value is -1.16. The molecule has 2 rings (SSSR count). The van der Waals surface area contributed by atoms with Crippen molar-refractivity contribution in [2.45, 2.75) is 47.0 Å². The molecule has 0 saturated carbocycles. The van der Waals surface area contributed by atoms with Crippen molar-refractivity contribution < 1.29 is 4.74 Å². The third-order valence-electron chi connectivity index (χ3n) is 4.20. The summed E-state index contributed by atoms with van der Waals surface area (Å²) >= 11 is 0. The minimum Gasteiger partial charge on any atom is -0.475 e. The molecule has 112 valence electrons. The van der Waals surface area contributed by atoms with E-state index in [-0.39, 0.29) is 0 Å². The molecule has 0 amide bonds. The highest BCUT2D eigenvalue weighted by atomic mass is 16.5. The van der Waals surface area contributed by atoms with Crippen molar-refractivity contribution in [3.63, 3.8) is 0 Å². The molecule has 1 aromatic heterocycles. The molecule has 1 aromatic rings. The highest BCUT2D eigenvalue weighted by Gasteiger charge is 2.16. The van der Waals surface area contributed by atoms with Crippen LogP contribution in [0.3, 0.4) is 0 Å². The van der Waals surface area contributed by atoms with E-state index >= 15 is 0 Å². The molecule has 1 aliphatic rings. The number of piperidine rings is 1. The van der Waals surface area contributed by atoms with Gasteiger partial charge in [0.15, 0.2) is 0 Å². The summed E-state index contributed by atoms with van der Waals surface area (Å²) < 4.78 is 5.88. The Morgan fingerprint density at radius 1 is 1.15 bits per heavy atom. The predicted molar refractivity (Wildman–Crippen MR) is 81.2 cm³/mol. The van der Waals surface area contributed by atoms with Gasteiger partial charge in [-0.15, -0.1) is 0 Å². The quantitative estimate of drug-likeness (QED) is 0.829. The van der Waals surface area contributed by atoms with Gasteiger partial charge in [-0.2, -0.15) is 0 Å². The summed E-state index contributed by atoms with van der Waals surface area (Å²) in [7, 11) is 0. The molecular formula is C16H27N3O. The molecule has 0 atom stereocenters. The van der Waals surface area contributed by atoms with Crippen LogP contribution >= 0.6 is 0 Å². The summed E-state index contributed by atoms with van der Waals surface area (Å²) in [6.45, 7) is 12.5. The third kappa shape index (κ3) is 3.92. The van der Waals surface area contributed by atoms with Crippen molar-refractivity contribution in [3.05, 3.63) is 17.1 Å². The molecule has 1 saturated heterocycles. The zero-order chi connectivity index (χ0) is 14.5. The average molecular weight is 277 g/mol. The summed E-state index contributed by atoms with van der Waals surface area (Å²) in [5.74, 6) is 1.60. The van der Waals surface area contributed by atoms with E-state index in [1.54, 1.807) is 0 Å². The second kappa shape index (κ2) is 7.02. The first-order chi connectivity index (χ1) is 9.60. The molecule has 0 aromatic carbocycles. The smallest absolute Gasteiger partial charge is 0.235 e. The van der Waals surface area contributed by atoms with Crippen LogP contribution in [-0.4, -0.2) is 41.1 Å². The number of ether oxygens (including phenoxy) is 1. The van der Waals surface area contributed by atoms with Crippen LogP contribution in [0.25, 0.3) is 0 Å². The van der Waals surface area contributed by atoms with Crippen LogP contribution in [0.2, 0.25) is 0 Å². The van der Waals surface area contributed by atoms with Crippen LogP contribution in [0.1, 0.15) is 43.8 Å². The summed E-state index contributed by atoms with van der Waals surface area (Å²) in [5, 5.41) is 0. The molecule has 0 spiro atoms. The number of aryl methyl sites for hydroxylation is 3. The number of hydrogen-bond acceptors (Lipinski definition) is 4. The second-order valence-corrected chi connectivity index (χ2v) is 5.87. The first kappa shape index (κ1) is 15.2. The maximum atomic E-state index is 5.88. The fourth-order valence-corrected chi connectivity index (χ4v) is 2.53. The molecular weight excluding hydrogens is 250 g/mol. The molecule has 4 nitrogen and oxygen atoms in total. The van der Waals surface area contributed by atoms with Crippen LogP contribution < -0.4 is 4.74 Å². The van der Waals surface area contributed by atoms with Crippen LogP contribution in [0.5, 0.6) is 5.88 Å². The molecule has 1 fully saturated rings. The number of aromatic nitrogens is 2. The molecule has 0 bridgehead atoms. The Bertz CT molecular complexity index is 440. The van der Waals surface area contributed by atoms with Crippen LogP contribution in [0, 0.1) is 19.8 Å². The van der Waals surface area contributed by atoms with Gasteiger partial charge in [0.1, 0.15) is 12.3 Å². The summed E-state index contributed by atoms with van der Waals surface area (Å²) in [5.41, 5.74) is 2.93. The van der Waals surface area contributed by atoms with E-state index in [0.717, 1.165) is 41.8 Å². The largest absolute Gasteiger partial charge is 0.475 e. The Balaban J connectivity index is 1.86. The molecule has 2 heterocycles. The fourth-order valence-electron chi connectivity index (χ4n) is 2.53. The van der Waals surface area contributed by atoms with Crippen LogP contribution in [-0.2, 0) is 6.42 Å². The molecule has 0 unspecified atom stereocenters. The maximum absolute atomic E-state index is 5.88. The highest BCUT2D eigenvalue weighted by Crippen LogP contribution is 2.18. The minimum absolute atomic E-state index is 0.707.